The molecule has 1 aromatic carbocycles. The molecule has 276 valence electrons. The van der Waals surface area contributed by atoms with E-state index in [-0.39, 0.29) is 31.3 Å². The summed E-state index contributed by atoms with van der Waals surface area (Å²) in [5.74, 6) is -11.6. The SMILES string of the molecule is CCCC(CC(=O)[C@@H]1CC(F)(F)CN1C(=O)[C@@H](CC(=O)OCC(C)C)C1CCCCC1)C(=O)C(=O)CCC(=O)N[C@H](C(=O)O)c1ccccc1. The molecule has 1 aliphatic heterocycles. The van der Waals surface area contributed by atoms with Gasteiger partial charge in [-0.15, -0.1) is 0 Å². The van der Waals surface area contributed by atoms with Crippen molar-refractivity contribution in [1.29, 1.82) is 0 Å². The standard InChI is InChI=1S/C37H50F2N2O9/c1-4-11-26(34(46)29(42)16-17-31(44)40-33(36(48)49)25-14-9-6-10-15-25)18-30(43)28-20-37(38,39)22-41(28)35(47)27(24-12-7-5-8-13-24)19-32(45)50-21-23(2)3/h6,9-10,14-15,23-24,26-28,33H,4-5,7-8,11-13,16-22H2,1-3H3,(H,40,44)(H,48,49)/t26?,27-,28-,33-/m0/s1. The maximum absolute atomic E-state index is 14.9. The number of carboxylic acid groups (broad SMARTS) is 1. The van der Waals surface area contributed by atoms with Crippen LogP contribution in [0.15, 0.2) is 30.3 Å². The minimum absolute atomic E-state index is 0.0637. The Balaban J connectivity index is 1.70. The van der Waals surface area contributed by atoms with Crippen molar-refractivity contribution < 1.29 is 52.2 Å². The number of ether oxygens (including phenoxy) is 1. The third-order valence-electron chi connectivity index (χ3n) is 9.42. The number of benzene rings is 1. The van der Waals surface area contributed by atoms with Crippen LogP contribution in [0.5, 0.6) is 0 Å². The molecule has 1 saturated heterocycles. The van der Waals surface area contributed by atoms with E-state index < -0.39 is 103 Å². The summed E-state index contributed by atoms with van der Waals surface area (Å²) in [6.45, 7) is 4.62. The highest BCUT2D eigenvalue weighted by Crippen LogP contribution is 2.39. The van der Waals surface area contributed by atoms with E-state index >= 15 is 0 Å². The van der Waals surface area contributed by atoms with Crippen LogP contribution >= 0.6 is 0 Å². The average molecular weight is 705 g/mol. The van der Waals surface area contributed by atoms with Gasteiger partial charge in [0.05, 0.1) is 31.5 Å². The molecule has 11 nitrogen and oxygen atoms in total. The zero-order valence-electron chi connectivity index (χ0n) is 29.2. The summed E-state index contributed by atoms with van der Waals surface area (Å²) >= 11 is 0. The number of ketones is 3. The molecule has 1 aromatic rings. The van der Waals surface area contributed by atoms with Crippen molar-refractivity contribution in [2.45, 2.75) is 116 Å². The number of esters is 1. The van der Waals surface area contributed by atoms with Crippen molar-refractivity contribution in [2.75, 3.05) is 13.2 Å². The van der Waals surface area contributed by atoms with Crippen molar-refractivity contribution in [3.05, 3.63) is 35.9 Å². The van der Waals surface area contributed by atoms with Gasteiger partial charge in [-0.05, 0) is 36.7 Å². The van der Waals surface area contributed by atoms with Gasteiger partial charge in [0.2, 0.25) is 17.6 Å². The highest BCUT2D eigenvalue weighted by Gasteiger charge is 2.52. The first-order valence-electron chi connectivity index (χ1n) is 17.6. The molecule has 0 bridgehead atoms. The molecule has 1 saturated carbocycles. The molecule has 1 aliphatic carbocycles. The van der Waals surface area contributed by atoms with E-state index in [1.165, 1.54) is 12.1 Å². The number of hydrogen-bond donors (Lipinski definition) is 2. The lowest BCUT2D eigenvalue weighted by Crippen LogP contribution is -2.47. The Morgan fingerprint density at radius 3 is 2.24 bits per heavy atom. The quantitative estimate of drug-likeness (QED) is 0.145. The molecule has 1 unspecified atom stereocenters. The van der Waals surface area contributed by atoms with Crippen LogP contribution in [0.3, 0.4) is 0 Å². The molecule has 13 heteroatoms. The molecule has 3 rings (SSSR count). The van der Waals surface area contributed by atoms with Crippen molar-refractivity contribution in [3.63, 3.8) is 0 Å². The first-order chi connectivity index (χ1) is 23.6. The van der Waals surface area contributed by atoms with Crippen molar-refractivity contribution in [1.82, 2.24) is 10.2 Å². The van der Waals surface area contributed by atoms with Crippen molar-refractivity contribution >= 4 is 41.1 Å². The van der Waals surface area contributed by atoms with E-state index in [0.29, 0.717) is 24.8 Å². The van der Waals surface area contributed by atoms with E-state index in [1.807, 2.05) is 13.8 Å². The topological polar surface area (TPSA) is 164 Å². The monoisotopic (exact) mass is 704 g/mol. The third-order valence-corrected chi connectivity index (χ3v) is 9.42. The van der Waals surface area contributed by atoms with Gasteiger partial charge in [0.1, 0.15) is 0 Å². The molecule has 0 radical (unpaired) electrons. The number of nitrogens with zero attached hydrogens (tertiary/aromatic N) is 1. The molecule has 2 fully saturated rings. The van der Waals surface area contributed by atoms with Gasteiger partial charge in [0.25, 0.3) is 5.92 Å². The fourth-order valence-electron chi connectivity index (χ4n) is 6.84. The maximum atomic E-state index is 14.9. The van der Waals surface area contributed by atoms with Crippen LogP contribution in [0, 0.1) is 23.7 Å². The van der Waals surface area contributed by atoms with Gasteiger partial charge in [-0.2, -0.15) is 0 Å². The number of Topliss-reactive ketones (excluding diaryl/α,β-unsaturated/α-hetero) is 3. The van der Waals surface area contributed by atoms with Gasteiger partial charge < -0.3 is 20.1 Å². The number of aliphatic carboxylic acids is 1. The number of hydrogen-bond acceptors (Lipinski definition) is 8. The Labute approximate surface area is 291 Å². The number of likely N-dealkylation sites (tertiary alicyclic amines) is 1. The van der Waals surface area contributed by atoms with Crippen LogP contribution in [0.2, 0.25) is 0 Å². The van der Waals surface area contributed by atoms with E-state index in [1.54, 1.807) is 25.1 Å². The zero-order valence-corrected chi connectivity index (χ0v) is 29.2. The summed E-state index contributed by atoms with van der Waals surface area (Å²) in [6, 6.07) is 5.04. The second kappa shape index (κ2) is 18.8. The van der Waals surface area contributed by atoms with Gasteiger partial charge in [0, 0.05) is 31.6 Å². The Bertz CT molecular complexity index is 1380. The summed E-state index contributed by atoms with van der Waals surface area (Å²) in [6.07, 6.45) is 1.63. The van der Waals surface area contributed by atoms with Crippen LogP contribution in [0.4, 0.5) is 8.78 Å². The van der Waals surface area contributed by atoms with Crippen LogP contribution in [-0.2, 0) is 38.3 Å². The molecule has 2 amide bonds. The average Bonchev–Trinajstić information content (AvgIpc) is 3.42. The summed E-state index contributed by atoms with van der Waals surface area (Å²) in [5, 5.41) is 11.9. The number of alkyl halides is 2. The Kier molecular flexibility index (Phi) is 15.2. The van der Waals surface area contributed by atoms with Crippen LogP contribution in [0.25, 0.3) is 0 Å². The maximum Gasteiger partial charge on any atom is 0.330 e. The first-order valence-corrected chi connectivity index (χ1v) is 17.6. The summed E-state index contributed by atoms with van der Waals surface area (Å²) in [5.41, 5.74) is 0.318. The van der Waals surface area contributed by atoms with Gasteiger partial charge in [0.15, 0.2) is 17.6 Å². The lowest BCUT2D eigenvalue weighted by atomic mass is 9.77. The fourth-order valence-corrected chi connectivity index (χ4v) is 6.84. The van der Waals surface area contributed by atoms with Crippen molar-refractivity contribution in [3.8, 4) is 0 Å². The van der Waals surface area contributed by atoms with E-state index in [9.17, 15) is 47.4 Å². The summed E-state index contributed by atoms with van der Waals surface area (Å²) in [7, 11) is 0. The van der Waals surface area contributed by atoms with Crippen LogP contribution in [-0.4, -0.2) is 76.2 Å². The minimum atomic E-state index is -3.37. The second-order valence-corrected chi connectivity index (χ2v) is 14.0. The minimum Gasteiger partial charge on any atom is -0.479 e. The second-order valence-electron chi connectivity index (χ2n) is 14.0. The number of amides is 2. The highest BCUT2D eigenvalue weighted by molar-refractivity contribution is 6.38. The molecule has 0 aromatic heterocycles. The molecule has 0 spiro atoms. The molecule has 2 aliphatic rings. The summed E-state index contributed by atoms with van der Waals surface area (Å²) in [4.78, 5) is 91.6. The lowest BCUT2D eigenvalue weighted by Gasteiger charge is -2.34. The molecular formula is C37H50F2N2O9. The van der Waals surface area contributed by atoms with E-state index in [0.717, 1.165) is 24.2 Å². The molecule has 50 heavy (non-hydrogen) atoms. The fraction of sp³-hybridized carbons (Fsp3) is 0.649. The Hall–Kier alpha value is -4.03. The van der Waals surface area contributed by atoms with E-state index in [4.69, 9.17) is 4.74 Å². The molecule has 2 N–H and O–H groups in total. The highest BCUT2D eigenvalue weighted by atomic mass is 19.3. The van der Waals surface area contributed by atoms with Gasteiger partial charge in [-0.25, -0.2) is 13.6 Å². The van der Waals surface area contributed by atoms with Crippen LogP contribution in [0.1, 0.15) is 109 Å². The number of carbonyl (C=O) groups excluding carboxylic acids is 6. The predicted molar refractivity (Wildman–Crippen MR) is 178 cm³/mol. The van der Waals surface area contributed by atoms with Crippen LogP contribution < -0.4 is 5.32 Å². The number of nitrogens with one attached hydrogen (secondary N) is 1. The molecule has 1 heterocycles. The third kappa shape index (κ3) is 11.8. The smallest absolute Gasteiger partial charge is 0.330 e. The van der Waals surface area contributed by atoms with Gasteiger partial charge >= 0.3 is 11.9 Å². The molecule has 4 atom stereocenters. The number of carboxylic acids is 1. The lowest BCUT2D eigenvalue weighted by molar-refractivity contribution is -0.153. The van der Waals surface area contributed by atoms with Crippen molar-refractivity contribution in [2.24, 2.45) is 23.7 Å². The largest absolute Gasteiger partial charge is 0.479 e. The zero-order chi connectivity index (χ0) is 37.0. The molecular weight excluding hydrogens is 654 g/mol. The Morgan fingerprint density at radius 2 is 1.64 bits per heavy atom. The van der Waals surface area contributed by atoms with Gasteiger partial charge in [-0.1, -0.05) is 76.8 Å². The number of halogens is 2. The van der Waals surface area contributed by atoms with Gasteiger partial charge in [-0.3, -0.25) is 28.8 Å². The number of rotatable bonds is 19. The first kappa shape index (κ1) is 40.4. The normalized spacial score (nSPS) is 19.3. The Morgan fingerprint density at radius 1 is 0.980 bits per heavy atom. The summed E-state index contributed by atoms with van der Waals surface area (Å²) < 4.78 is 35.1. The van der Waals surface area contributed by atoms with E-state index in [2.05, 4.69) is 5.32 Å². The predicted octanol–water partition coefficient (Wildman–Crippen LogP) is 5.24. The number of carbonyl (C=O) groups is 7.